The van der Waals surface area contributed by atoms with E-state index in [9.17, 15) is 18.7 Å². The molecule has 0 bridgehead atoms. The van der Waals surface area contributed by atoms with Crippen molar-refractivity contribution in [3.63, 3.8) is 0 Å². The predicted octanol–water partition coefficient (Wildman–Crippen LogP) is 2.44. The lowest BCUT2D eigenvalue weighted by molar-refractivity contribution is 0.0926. The summed E-state index contributed by atoms with van der Waals surface area (Å²) in [5.74, 6) is -1.77. The molecule has 0 spiro atoms. The van der Waals surface area contributed by atoms with E-state index >= 15 is 0 Å². The summed E-state index contributed by atoms with van der Waals surface area (Å²) in [6.07, 6.45) is 3.58. The van der Waals surface area contributed by atoms with Gasteiger partial charge in [-0.05, 0) is 43.9 Å². The van der Waals surface area contributed by atoms with Gasteiger partial charge in [0, 0.05) is 42.1 Å². The van der Waals surface area contributed by atoms with E-state index in [0.717, 1.165) is 18.3 Å². The summed E-state index contributed by atoms with van der Waals surface area (Å²) in [6, 6.07) is 5.53. The molecule has 154 valence electrons. The number of anilines is 1. The molecule has 6 nitrogen and oxygen atoms in total. The Hall–Kier alpha value is -2.74. The Morgan fingerprint density at radius 3 is 2.83 bits per heavy atom. The van der Waals surface area contributed by atoms with Gasteiger partial charge < -0.3 is 20.1 Å². The first-order valence-electron chi connectivity index (χ1n) is 9.63. The molecule has 2 N–H and O–H groups in total. The fraction of sp³-hybridized carbons (Fsp3) is 0.429. The minimum Gasteiger partial charge on any atom is -0.493 e. The minimum atomic E-state index is -0.758. The number of hydrogen-bond acceptors (Lipinski definition) is 5. The number of carbonyl (C=O) groups is 1. The molecule has 2 aliphatic rings. The average Bonchev–Trinajstić information content (AvgIpc) is 3.28. The van der Waals surface area contributed by atoms with Crippen molar-refractivity contribution in [2.24, 2.45) is 0 Å². The molecule has 1 atom stereocenters. The van der Waals surface area contributed by atoms with E-state index < -0.39 is 17.2 Å². The van der Waals surface area contributed by atoms with Gasteiger partial charge in [-0.1, -0.05) is 0 Å². The van der Waals surface area contributed by atoms with Crippen molar-refractivity contribution in [3.05, 3.63) is 53.4 Å². The van der Waals surface area contributed by atoms with E-state index in [4.69, 9.17) is 4.74 Å². The van der Waals surface area contributed by atoms with Gasteiger partial charge in [0.05, 0.1) is 13.2 Å². The molecule has 1 aromatic heterocycles. The average molecular weight is 403 g/mol. The summed E-state index contributed by atoms with van der Waals surface area (Å²) >= 11 is 0. The molecule has 2 fully saturated rings. The molecule has 4 rings (SSSR count). The second kappa shape index (κ2) is 7.59. The zero-order valence-electron chi connectivity index (χ0n) is 16.1. The number of nitrogens with one attached hydrogen (secondary N) is 1. The van der Waals surface area contributed by atoms with E-state index in [1.807, 2.05) is 11.0 Å². The van der Waals surface area contributed by atoms with Crippen LogP contribution in [0.2, 0.25) is 0 Å². The molecule has 0 unspecified atom stereocenters. The first-order valence-corrected chi connectivity index (χ1v) is 9.63. The maximum Gasteiger partial charge on any atom is 0.270 e. The monoisotopic (exact) mass is 403 g/mol. The van der Waals surface area contributed by atoms with Crippen molar-refractivity contribution in [3.8, 4) is 5.75 Å². The predicted molar refractivity (Wildman–Crippen MR) is 103 cm³/mol. The fourth-order valence-corrected chi connectivity index (χ4v) is 3.86. The van der Waals surface area contributed by atoms with Gasteiger partial charge in [-0.25, -0.2) is 8.78 Å². The van der Waals surface area contributed by atoms with Crippen molar-refractivity contribution in [1.29, 1.82) is 0 Å². The van der Waals surface area contributed by atoms with Crippen molar-refractivity contribution >= 4 is 11.6 Å². The topological polar surface area (TPSA) is 74.7 Å². The fourth-order valence-electron chi connectivity index (χ4n) is 3.86. The van der Waals surface area contributed by atoms with Crippen LogP contribution in [0.3, 0.4) is 0 Å². The number of benzene rings is 1. The van der Waals surface area contributed by atoms with Gasteiger partial charge in [0.25, 0.3) is 5.91 Å². The highest BCUT2D eigenvalue weighted by Crippen LogP contribution is 2.41. The maximum absolute atomic E-state index is 14.0. The number of amides is 1. The lowest BCUT2D eigenvalue weighted by atomic mass is 10.0. The maximum atomic E-state index is 14.0. The zero-order valence-corrected chi connectivity index (χ0v) is 16.1. The molecular formula is C21H23F2N3O3. The minimum absolute atomic E-state index is 0.000336. The number of carbonyl (C=O) groups excluding carboxylic acids is 1. The third-order valence-corrected chi connectivity index (χ3v) is 5.56. The van der Waals surface area contributed by atoms with Gasteiger partial charge in [-0.3, -0.25) is 9.78 Å². The first-order chi connectivity index (χ1) is 13.9. The second-order valence-electron chi connectivity index (χ2n) is 7.78. The van der Waals surface area contributed by atoms with Gasteiger partial charge in [0.1, 0.15) is 11.5 Å². The van der Waals surface area contributed by atoms with Crippen LogP contribution in [-0.4, -0.2) is 47.8 Å². The largest absolute Gasteiger partial charge is 0.493 e. The highest BCUT2D eigenvalue weighted by Gasteiger charge is 2.45. The molecule has 1 aromatic carbocycles. The van der Waals surface area contributed by atoms with Crippen molar-refractivity contribution in [2.75, 3.05) is 25.1 Å². The van der Waals surface area contributed by atoms with E-state index in [1.165, 1.54) is 13.2 Å². The van der Waals surface area contributed by atoms with Crippen LogP contribution in [0.5, 0.6) is 5.75 Å². The van der Waals surface area contributed by atoms with Gasteiger partial charge in [0.15, 0.2) is 11.6 Å². The van der Waals surface area contributed by atoms with Crippen molar-refractivity contribution < 1.29 is 23.4 Å². The number of rotatable bonds is 6. The Labute approximate surface area is 167 Å². The van der Waals surface area contributed by atoms with Gasteiger partial charge >= 0.3 is 0 Å². The quantitative estimate of drug-likeness (QED) is 0.775. The van der Waals surface area contributed by atoms with Crippen molar-refractivity contribution in [2.45, 2.75) is 37.3 Å². The molecule has 0 radical (unpaired) electrons. The number of pyridine rings is 1. The number of aliphatic hydroxyl groups excluding tert-OH is 1. The van der Waals surface area contributed by atoms with Gasteiger partial charge in [-0.15, -0.1) is 0 Å². The standard InChI is InChI=1S/C21H23F2N3O3/c1-29-19-13(8-14(22)9-17(19)23)11-21(4-5-21)25-20(28)18-10-15(2-6-24-18)26-7-3-16(27)12-26/h2,6,8-10,16,27H,3-5,7,11-12H2,1H3,(H,25,28)/t16-/m0/s1. The smallest absolute Gasteiger partial charge is 0.270 e. The van der Waals surface area contributed by atoms with Crippen LogP contribution in [-0.2, 0) is 6.42 Å². The summed E-state index contributed by atoms with van der Waals surface area (Å²) in [5, 5.41) is 12.7. The Morgan fingerprint density at radius 2 is 2.17 bits per heavy atom. The molecular weight excluding hydrogens is 380 g/mol. The Kier molecular flexibility index (Phi) is 5.12. The summed E-state index contributed by atoms with van der Waals surface area (Å²) in [7, 11) is 1.34. The van der Waals surface area contributed by atoms with Crippen LogP contribution in [0.15, 0.2) is 30.5 Å². The van der Waals surface area contributed by atoms with Gasteiger partial charge in [-0.2, -0.15) is 0 Å². The summed E-state index contributed by atoms with van der Waals surface area (Å²) < 4.78 is 32.7. The number of hydrogen-bond donors (Lipinski definition) is 2. The number of aromatic nitrogens is 1. The molecule has 1 saturated heterocycles. The molecule has 1 aliphatic heterocycles. The SMILES string of the molecule is COc1c(F)cc(F)cc1CC1(NC(=O)c2cc(N3CC[C@H](O)C3)ccn2)CC1. The third kappa shape index (κ3) is 4.17. The van der Waals surface area contributed by atoms with E-state index in [0.29, 0.717) is 31.4 Å². The number of halogens is 2. The molecule has 1 amide bonds. The molecule has 1 saturated carbocycles. The number of aliphatic hydroxyl groups is 1. The van der Waals surface area contributed by atoms with Crippen LogP contribution in [0.1, 0.15) is 35.3 Å². The number of β-amino-alcohol motifs (C(OH)–C–C–N with tert-alkyl or cyclic N) is 1. The number of ether oxygens (including phenoxy) is 1. The summed E-state index contributed by atoms with van der Waals surface area (Å²) in [5.41, 5.74) is 0.926. The molecule has 2 heterocycles. The molecule has 8 heteroatoms. The highest BCUT2D eigenvalue weighted by molar-refractivity contribution is 5.94. The van der Waals surface area contributed by atoms with Crippen LogP contribution in [0, 0.1) is 11.6 Å². The van der Waals surface area contributed by atoms with Crippen LogP contribution >= 0.6 is 0 Å². The lowest BCUT2D eigenvalue weighted by Gasteiger charge is -2.21. The van der Waals surface area contributed by atoms with Gasteiger partial charge in [0.2, 0.25) is 0 Å². The second-order valence-corrected chi connectivity index (χ2v) is 7.78. The summed E-state index contributed by atoms with van der Waals surface area (Å²) in [4.78, 5) is 19.0. The number of methoxy groups -OCH3 is 1. The third-order valence-electron chi connectivity index (χ3n) is 5.56. The van der Waals surface area contributed by atoms with Crippen LogP contribution < -0.4 is 15.0 Å². The highest BCUT2D eigenvalue weighted by atomic mass is 19.1. The zero-order chi connectivity index (χ0) is 20.6. The van der Waals surface area contributed by atoms with E-state index in [1.54, 1.807) is 12.3 Å². The Balaban J connectivity index is 1.49. The summed E-state index contributed by atoms with van der Waals surface area (Å²) in [6.45, 7) is 1.25. The lowest BCUT2D eigenvalue weighted by Crippen LogP contribution is -2.39. The molecule has 2 aromatic rings. The molecule has 29 heavy (non-hydrogen) atoms. The van der Waals surface area contributed by atoms with Crippen LogP contribution in [0.25, 0.3) is 0 Å². The van der Waals surface area contributed by atoms with E-state index in [-0.39, 0.29) is 29.9 Å². The number of nitrogens with zero attached hydrogens (tertiary/aromatic N) is 2. The first kappa shape index (κ1) is 19.6. The Morgan fingerprint density at radius 1 is 1.38 bits per heavy atom. The molecule has 1 aliphatic carbocycles. The van der Waals surface area contributed by atoms with Crippen molar-refractivity contribution in [1.82, 2.24) is 10.3 Å². The Bertz CT molecular complexity index is 933. The normalized spacial score (nSPS) is 19.9. The van der Waals surface area contributed by atoms with E-state index in [2.05, 4.69) is 10.3 Å². The van der Waals surface area contributed by atoms with Crippen LogP contribution in [0.4, 0.5) is 14.5 Å².